The number of nitrogens with one attached hydrogen (secondary N) is 1. The number of non-ortho nitro benzene ring substituents is 1. The molecule has 3 rings (SSSR count). The highest BCUT2D eigenvalue weighted by atomic mass is 16.7. The fourth-order valence-electron chi connectivity index (χ4n) is 3.09. The van der Waals surface area contributed by atoms with Gasteiger partial charge in [0, 0.05) is 24.9 Å². The summed E-state index contributed by atoms with van der Waals surface area (Å²) in [6, 6.07) is 5.85. The van der Waals surface area contributed by atoms with Crippen LogP contribution in [0.1, 0.15) is 25.7 Å². The summed E-state index contributed by atoms with van der Waals surface area (Å²) < 4.78 is 16.6. The van der Waals surface area contributed by atoms with Gasteiger partial charge in [0.15, 0.2) is 12.4 Å². The molecule has 0 radical (unpaired) electrons. The summed E-state index contributed by atoms with van der Waals surface area (Å²) >= 11 is 0. The number of amides is 1. The van der Waals surface area contributed by atoms with Gasteiger partial charge in [-0.1, -0.05) is 6.07 Å². The van der Waals surface area contributed by atoms with Crippen LogP contribution in [0.2, 0.25) is 0 Å². The van der Waals surface area contributed by atoms with E-state index in [2.05, 4.69) is 5.32 Å². The number of carbonyl (C=O) groups is 1. The number of benzene rings is 1. The summed E-state index contributed by atoms with van der Waals surface area (Å²) in [7, 11) is 0. The van der Waals surface area contributed by atoms with Crippen molar-refractivity contribution in [3.05, 3.63) is 34.4 Å². The van der Waals surface area contributed by atoms with Crippen LogP contribution in [0.25, 0.3) is 0 Å². The zero-order valence-electron chi connectivity index (χ0n) is 13.2. The van der Waals surface area contributed by atoms with Crippen LogP contribution >= 0.6 is 0 Å². The fourth-order valence-corrected chi connectivity index (χ4v) is 3.09. The van der Waals surface area contributed by atoms with Gasteiger partial charge in [-0.05, 0) is 18.9 Å². The molecule has 1 aliphatic heterocycles. The molecule has 0 unspecified atom stereocenters. The third-order valence-corrected chi connectivity index (χ3v) is 4.32. The Morgan fingerprint density at radius 1 is 1.33 bits per heavy atom. The Morgan fingerprint density at radius 3 is 2.71 bits per heavy atom. The quantitative estimate of drug-likeness (QED) is 0.650. The molecular formula is C16H20N2O6. The lowest BCUT2D eigenvalue weighted by atomic mass is 9.90. The lowest BCUT2D eigenvalue weighted by Crippen LogP contribution is -2.45. The number of nitro benzene ring substituents is 1. The predicted octanol–water partition coefficient (Wildman–Crippen LogP) is 1.78. The van der Waals surface area contributed by atoms with Crippen molar-refractivity contribution in [3.8, 4) is 5.75 Å². The molecular weight excluding hydrogens is 316 g/mol. The second-order valence-electron chi connectivity index (χ2n) is 5.99. The number of carbonyl (C=O) groups excluding carboxylic acids is 1. The maximum atomic E-state index is 12.0. The molecule has 1 heterocycles. The Balaban J connectivity index is 1.43. The van der Waals surface area contributed by atoms with Crippen molar-refractivity contribution in [2.24, 2.45) is 0 Å². The minimum atomic E-state index is -0.502. The number of hydrogen-bond donors (Lipinski definition) is 1. The third kappa shape index (κ3) is 4.01. The van der Waals surface area contributed by atoms with Crippen molar-refractivity contribution >= 4 is 11.6 Å². The van der Waals surface area contributed by atoms with Gasteiger partial charge in [0.25, 0.3) is 11.6 Å². The first-order chi connectivity index (χ1) is 11.6. The number of nitrogens with zero attached hydrogens (tertiary/aromatic N) is 1. The molecule has 1 aromatic carbocycles. The molecule has 130 valence electrons. The van der Waals surface area contributed by atoms with E-state index in [-0.39, 0.29) is 24.2 Å². The third-order valence-electron chi connectivity index (χ3n) is 4.32. The average molecular weight is 336 g/mol. The minimum Gasteiger partial charge on any atom is -0.484 e. The molecule has 0 bridgehead atoms. The van der Waals surface area contributed by atoms with Crippen molar-refractivity contribution in [2.75, 3.05) is 19.8 Å². The SMILES string of the molecule is O=C(COc1cccc([N+](=O)[O-])c1)NC1CCC2(CC1)OCCO2. The van der Waals surface area contributed by atoms with E-state index >= 15 is 0 Å². The summed E-state index contributed by atoms with van der Waals surface area (Å²) in [6.07, 6.45) is 3.12. The van der Waals surface area contributed by atoms with E-state index in [1.54, 1.807) is 6.07 Å². The molecule has 8 nitrogen and oxygen atoms in total. The average Bonchev–Trinajstić information content (AvgIpc) is 3.04. The van der Waals surface area contributed by atoms with Crippen molar-refractivity contribution in [2.45, 2.75) is 37.5 Å². The monoisotopic (exact) mass is 336 g/mol. The summed E-state index contributed by atoms with van der Waals surface area (Å²) in [5.41, 5.74) is -0.0675. The van der Waals surface area contributed by atoms with Gasteiger partial charge < -0.3 is 19.5 Å². The molecule has 8 heteroatoms. The fraction of sp³-hybridized carbons (Fsp3) is 0.562. The standard InChI is InChI=1S/C16H20N2O6/c19-15(11-22-14-3-1-2-13(10-14)18(20)21)17-12-4-6-16(7-5-12)23-8-9-24-16/h1-3,10,12H,4-9,11H2,(H,17,19). The highest BCUT2D eigenvalue weighted by Crippen LogP contribution is 2.35. The van der Waals surface area contributed by atoms with Gasteiger partial charge in [-0.25, -0.2) is 0 Å². The van der Waals surface area contributed by atoms with Gasteiger partial charge in [-0.3, -0.25) is 14.9 Å². The van der Waals surface area contributed by atoms with Crippen LogP contribution in [-0.2, 0) is 14.3 Å². The summed E-state index contributed by atoms with van der Waals surface area (Å²) in [6.45, 7) is 1.10. The zero-order valence-corrected chi connectivity index (χ0v) is 13.2. The molecule has 1 spiro atoms. The Hall–Kier alpha value is -2.19. The molecule has 0 aromatic heterocycles. The number of nitro groups is 1. The van der Waals surface area contributed by atoms with E-state index in [1.165, 1.54) is 18.2 Å². The Bertz CT molecular complexity index is 604. The molecule has 1 aromatic rings. The summed E-state index contributed by atoms with van der Waals surface area (Å²) in [5, 5.41) is 13.6. The van der Waals surface area contributed by atoms with Crippen LogP contribution in [0.4, 0.5) is 5.69 Å². The topological polar surface area (TPSA) is 99.9 Å². The number of ether oxygens (including phenoxy) is 3. The smallest absolute Gasteiger partial charge is 0.273 e. The Labute approximate surface area is 139 Å². The first-order valence-electron chi connectivity index (χ1n) is 8.01. The first-order valence-corrected chi connectivity index (χ1v) is 8.01. The number of rotatable bonds is 5. The van der Waals surface area contributed by atoms with E-state index in [0.717, 1.165) is 25.7 Å². The lowest BCUT2D eigenvalue weighted by molar-refractivity contribution is -0.384. The molecule has 2 fully saturated rings. The van der Waals surface area contributed by atoms with Crippen LogP contribution in [0.15, 0.2) is 24.3 Å². The molecule has 24 heavy (non-hydrogen) atoms. The molecule has 1 amide bonds. The maximum absolute atomic E-state index is 12.0. The summed E-state index contributed by atoms with van der Waals surface area (Å²) in [4.78, 5) is 22.2. The normalized spacial score (nSPS) is 20.0. The van der Waals surface area contributed by atoms with Crippen molar-refractivity contribution in [3.63, 3.8) is 0 Å². The van der Waals surface area contributed by atoms with E-state index in [0.29, 0.717) is 19.0 Å². The molecule has 0 atom stereocenters. The van der Waals surface area contributed by atoms with Gasteiger partial charge in [0.1, 0.15) is 5.75 Å². The van der Waals surface area contributed by atoms with Crippen LogP contribution in [-0.4, -0.2) is 42.5 Å². The molecule has 1 aliphatic carbocycles. The Morgan fingerprint density at radius 2 is 2.04 bits per heavy atom. The van der Waals surface area contributed by atoms with Crippen LogP contribution in [0.5, 0.6) is 5.75 Å². The highest BCUT2D eigenvalue weighted by Gasteiger charge is 2.40. The van der Waals surface area contributed by atoms with Gasteiger partial charge >= 0.3 is 0 Å². The minimum absolute atomic E-state index is 0.0675. The van der Waals surface area contributed by atoms with Gasteiger partial charge in [-0.15, -0.1) is 0 Å². The second-order valence-corrected chi connectivity index (χ2v) is 5.99. The van der Waals surface area contributed by atoms with E-state index < -0.39 is 10.7 Å². The molecule has 1 N–H and O–H groups in total. The van der Waals surface area contributed by atoms with Crippen LogP contribution in [0.3, 0.4) is 0 Å². The molecule has 1 saturated heterocycles. The number of hydrogen-bond acceptors (Lipinski definition) is 6. The largest absolute Gasteiger partial charge is 0.484 e. The lowest BCUT2D eigenvalue weighted by Gasteiger charge is -2.35. The van der Waals surface area contributed by atoms with Crippen molar-refractivity contribution in [1.29, 1.82) is 0 Å². The van der Waals surface area contributed by atoms with Crippen LogP contribution in [0, 0.1) is 10.1 Å². The maximum Gasteiger partial charge on any atom is 0.273 e. The second kappa shape index (κ2) is 7.14. The van der Waals surface area contributed by atoms with Crippen molar-refractivity contribution in [1.82, 2.24) is 5.32 Å². The van der Waals surface area contributed by atoms with Crippen LogP contribution < -0.4 is 10.1 Å². The van der Waals surface area contributed by atoms with Crippen molar-refractivity contribution < 1.29 is 23.9 Å². The molecule has 2 aliphatic rings. The van der Waals surface area contributed by atoms with E-state index in [9.17, 15) is 14.9 Å². The highest BCUT2D eigenvalue weighted by molar-refractivity contribution is 5.77. The molecule has 1 saturated carbocycles. The first kappa shape index (κ1) is 16.7. The van der Waals surface area contributed by atoms with E-state index in [4.69, 9.17) is 14.2 Å². The van der Waals surface area contributed by atoms with Gasteiger partial charge in [0.2, 0.25) is 0 Å². The summed E-state index contributed by atoms with van der Waals surface area (Å²) in [5.74, 6) is -0.383. The van der Waals surface area contributed by atoms with Gasteiger partial charge in [-0.2, -0.15) is 0 Å². The van der Waals surface area contributed by atoms with Gasteiger partial charge in [0.05, 0.1) is 24.2 Å². The zero-order chi connectivity index (χ0) is 17.0. The van der Waals surface area contributed by atoms with E-state index in [1.807, 2.05) is 0 Å². The predicted molar refractivity (Wildman–Crippen MR) is 83.6 cm³/mol. The Kier molecular flexibility index (Phi) is 4.96.